The predicted octanol–water partition coefficient (Wildman–Crippen LogP) is 1.97. The Morgan fingerprint density at radius 1 is 1.14 bits per heavy atom. The molecule has 0 aromatic carbocycles. The lowest BCUT2D eigenvalue weighted by Gasteiger charge is -2.32. The molecule has 2 aliphatic rings. The van der Waals surface area contributed by atoms with Crippen molar-refractivity contribution in [2.75, 3.05) is 0 Å². The molecule has 0 atom stereocenters. The number of nitrogens with zero attached hydrogens (tertiary/aromatic N) is 2. The minimum absolute atomic E-state index is 0.143. The van der Waals surface area contributed by atoms with Gasteiger partial charge in [0.25, 0.3) is 0 Å². The van der Waals surface area contributed by atoms with Gasteiger partial charge in [0.15, 0.2) is 0 Å². The fourth-order valence-electron chi connectivity index (χ4n) is 3.21. The lowest BCUT2D eigenvalue weighted by Crippen LogP contribution is -2.41. The van der Waals surface area contributed by atoms with E-state index in [-0.39, 0.29) is 24.4 Å². The molecular weight excluding hydrogens is 279 g/mol. The lowest BCUT2D eigenvalue weighted by molar-refractivity contribution is 0.00578. The number of hydrogen-bond donors (Lipinski definition) is 1. The van der Waals surface area contributed by atoms with Crippen molar-refractivity contribution in [1.82, 2.24) is 9.78 Å². The SMILES string of the molecule is Cc1nn(C2CCC(O)CC2)cc1B1OC(C)(C)C(C)(C)O1. The number of aliphatic hydroxyl groups excluding tert-OH is 1. The van der Waals surface area contributed by atoms with Crippen molar-refractivity contribution >= 4 is 12.6 Å². The summed E-state index contributed by atoms with van der Waals surface area (Å²) < 4.78 is 14.3. The summed E-state index contributed by atoms with van der Waals surface area (Å²) in [7, 11) is -0.354. The van der Waals surface area contributed by atoms with Crippen LogP contribution in [0.3, 0.4) is 0 Å². The molecule has 22 heavy (non-hydrogen) atoms. The normalized spacial score (nSPS) is 30.7. The van der Waals surface area contributed by atoms with Crippen LogP contribution in [0.1, 0.15) is 65.1 Å². The van der Waals surface area contributed by atoms with Crippen molar-refractivity contribution in [3.05, 3.63) is 11.9 Å². The van der Waals surface area contributed by atoms with Crippen molar-refractivity contribution < 1.29 is 14.4 Å². The van der Waals surface area contributed by atoms with E-state index in [0.29, 0.717) is 6.04 Å². The smallest absolute Gasteiger partial charge is 0.399 e. The summed E-state index contributed by atoms with van der Waals surface area (Å²) in [6.45, 7) is 10.3. The number of aryl methyl sites for hydroxylation is 1. The van der Waals surface area contributed by atoms with Crippen LogP contribution in [0.25, 0.3) is 0 Å². The van der Waals surface area contributed by atoms with Gasteiger partial charge in [0.1, 0.15) is 0 Å². The van der Waals surface area contributed by atoms with Gasteiger partial charge >= 0.3 is 7.12 Å². The molecule has 1 aliphatic heterocycles. The van der Waals surface area contributed by atoms with Crippen LogP contribution < -0.4 is 5.46 Å². The van der Waals surface area contributed by atoms with E-state index >= 15 is 0 Å². The first kappa shape index (κ1) is 16.0. The molecule has 1 N–H and O–H groups in total. The van der Waals surface area contributed by atoms with E-state index in [9.17, 15) is 5.11 Å². The highest BCUT2D eigenvalue weighted by molar-refractivity contribution is 6.62. The second-order valence-electron chi connectivity index (χ2n) is 7.70. The highest BCUT2D eigenvalue weighted by Crippen LogP contribution is 2.37. The van der Waals surface area contributed by atoms with Gasteiger partial charge in [-0.1, -0.05) is 0 Å². The Morgan fingerprint density at radius 3 is 2.23 bits per heavy atom. The highest BCUT2D eigenvalue weighted by atomic mass is 16.7. The molecule has 1 aromatic rings. The van der Waals surface area contributed by atoms with Crippen molar-refractivity contribution in [3.8, 4) is 0 Å². The lowest BCUT2D eigenvalue weighted by atomic mass is 9.79. The first-order valence-corrected chi connectivity index (χ1v) is 8.29. The summed E-state index contributed by atoms with van der Waals surface area (Å²) in [5.41, 5.74) is 1.32. The third-order valence-corrected chi connectivity index (χ3v) is 5.50. The standard InChI is InChI=1S/C16H27BN2O3/c1-11-14(17-21-15(2,3)16(4,5)22-17)10-19(18-11)12-6-8-13(20)9-7-12/h10,12-13,20H,6-9H2,1-5H3. The molecule has 1 saturated heterocycles. The predicted molar refractivity (Wildman–Crippen MR) is 86.2 cm³/mol. The van der Waals surface area contributed by atoms with Crippen LogP contribution in [0.15, 0.2) is 6.20 Å². The van der Waals surface area contributed by atoms with E-state index < -0.39 is 0 Å². The Labute approximate surface area is 133 Å². The molecule has 1 aliphatic carbocycles. The maximum absolute atomic E-state index is 9.65. The molecule has 5 nitrogen and oxygen atoms in total. The van der Waals surface area contributed by atoms with Crippen LogP contribution in [0, 0.1) is 6.92 Å². The Hall–Kier alpha value is -0.845. The van der Waals surface area contributed by atoms with E-state index in [4.69, 9.17) is 9.31 Å². The molecule has 0 spiro atoms. The average molecular weight is 306 g/mol. The maximum atomic E-state index is 9.65. The maximum Gasteiger partial charge on any atom is 0.498 e. The number of rotatable bonds is 2. The molecule has 0 bridgehead atoms. The van der Waals surface area contributed by atoms with Crippen LogP contribution in [0.5, 0.6) is 0 Å². The Morgan fingerprint density at radius 2 is 1.68 bits per heavy atom. The third-order valence-electron chi connectivity index (χ3n) is 5.50. The van der Waals surface area contributed by atoms with Gasteiger partial charge in [-0.3, -0.25) is 4.68 Å². The fourth-order valence-corrected chi connectivity index (χ4v) is 3.21. The second-order valence-corrected chi connectivity index (χ2v) is 7.70. The molecule has 1 saturated carbocycles. The Bertz CT molecular complexity index is 532. The Balaban J connectivity index is 1.79. The topological polar surface area (TPSA) is 56.5 Å². The molecule has 0 amide bonds. The van der Waals surface area contributed by atoms with Crippen molar-refractivity contribution in [2.24, 2.45) is 0 Å². The number of aromatic nitrogens is 2. The van der Waals surface area contributed by atoms with E-state index in [1.54, 1.807) is 0 Å². The zero-order chi connectivity index (χ0) is 16.1. The van der Waals surface area contributed by atoms with E-state index in [1.165, 1.54) is 0 Å². The first-order valence-electron chi connectivity index (χ1n) is 8.29. The molecule has 1 aromatic heterocycles. The molecule has 6 heteroatoms. The molecule has 3 rings (SSSR count). The second kappa shape index (κ2) is 5.36. The van der Waals surface area contributed by atoms with E-state index in [1.807, 2.05) is 11.6 Å². The van der Waals surface area contributed by atoms with Crippen LogP contribution in [0.2, 0.25) is 0 Å². The third kappa shape index (κ3) is 2.72. The summed E-state index contributed by atoms with van der Waals surface area (Å²) in [6, 6.07) is 0.373. The van der Waals surface area contributed by atoms with Gasteiger partial charge < -0.3 is 14.4 Å². The average Bonchev–Trinajstić information content (AvgIpc) is 2.89. The number of hydrogen-bond acceptors (Lipinski definition) is 4. The zero-order valence-corrected chi connectivity index (χ0v) is 14.3. The van der Waals surface area contributed by atoms with Crippen molar-refractivity contribution in [3.63, 3.8) is 0 Å². The molecule has 0 radical (unpaired) electrons. The molecular formula is C16H27BN2O3. The minimum atomic E-state index is -0.354. The minimum Gasteiger partial charge on any atom is -0.399 e. The summed E-state index contributed by atoms with van der Waals surface area (Å²) >= 11 is 0. The van der Waals surface area contributed by atoms with Gasteiger partial charge in [-0.15, -0.1) is 0 Å². The van der Waals surface area contributed by atoms with Gasteiger partial charge in [-0.25, -0.2) is 0 Å². The molecule has 2 fully saturated rings. The number of aliphatic hydroxyl groups is 1. The molecule has 0 unspecified atom stereocenters. The van der Waals surface area contributed by atoms with Gasteiger partial charge in [-0.05, 0) is 60.3 Å². The fraction of sp³-hybridized carbons (Fsp3) is 0.812. The first-order chi connectivity index (χ1) is 10.2. The van der Waals surface area contributed by atoms with Crippen molar-refractivity contribution in [1.29, 1.82) is 0 Å². The van der Waals surface area contributed by atoms with Gasteiger partial charge in [0, 0.05) is 11.7 Å². The van der Waals surface area contributed by atoms with Crippen LogP contribution >= 0.6 is 0 Å². The van der Waals surface area contributed by atoms with Gasteiger partial charge in [-0.2, -0.15) is 5.10 Å². The van der Waals surface area contributed by atoms with E-state index in [2.05, 4.69) is 39.0 Å². The van der Waals surface area contributed by atoms with Crippen molar-refractivity contribution in [2.45, 2.75) is 83.6 Å². The monoisotopic (exact) mass is 306 g/mol. The molecule has 122 valence electrons. The van der Waals surface area contributed by atoms with E-state index in [0.717, 1.165) is 36.8 Å². The summed E-state index contributed by atoms with van der Waals surface area (Å²) in [6.07, 6.45) is 5.59. The largest absolute Gasteiger partial charge is 0.498 e. The van der Waals surface area contributed by atoms with Crippen LogP contribution in [-0.2, 0) is 9.31 Å². The molecule has 2 heterocycles. The van der Waals surface area contributed by atoms with Crippen LogP contribution in [-0.4, -0.2) is 39.3 Å². The summed E-state index contributed by atoms with van der Waals surface area (Å²) in [5, 5.41) is 14.3. The Kier molecular flexibility index (Phi) is 3.90. The highest BCUT2D eigenvalue weighted by Gasteiger charge is 2.52. The summed E-state index contributed by atoms with van der Waals surface area (Å²) in [4.78, 5) is 0. The van der Waals surface area contributed by atoms with Gasteiger partial charge in [0.05, 0.1) is 29.0 Å². The quantitative estimate of drug-likeness (QED) is 0.849. The zero-order valence-electron chi connectivity index (χ0n) is 14.3. The van der Waals surface area contributed by atoms with Crippen LogP contribution in [0.4, 0.5) is 0 Å². The summed E-state index contributed by atoms with van der Waals surface area (Å²) in [5.74, 6) is 0. The van der Waals surface area contributed by atoms with Gasteiger partial charge in [0.2, 0.25) is 0 Å².